The van der Waals surface area contributed by atoms with Crippen molar-refractivity contribution in [3.8, 4) is 0 Å². The van der Waals surface area contributed by atoms with Crippen molar-refractivity contribution >= 4 is 22.1 Å². The van der Waals surface area contributed by atoms with Gasteiger partial charge in [-0.1, -0.05) is 134 Å². The van der Waals surface area contributed by atoms with Gasteiger partial charge in [0.15, 0.2) is 12.4 Å². The van der Waals surface area contributed by atoms with Crippen molar-refractivity contribution < 1.29 is 56.8 Å². The smallest absolute Gasteiger partial charge is 0.306 e. The van der Waals surface area contributed by atoms with E-state index in [4.69, 9.17) is 18.9 Å². The molecule has 1 rings (SSSR count). The molecule has 0 amide bonds. The van der Waals surface area contributed by atoms with Crippen LogP contribution < -0.4 is 0 Å². The van der Waals surface area contributed by atoms with E-state index in [-0.39, 0.29) is 19.4 Å². The third kappa shape index (κ3) is 30.0. The third-order valence-electron chi connectivity index (χ3n) is 10.2. The summed E-state index contributed by atoms with van der Waals surface area (Å²) < 4.78 is 54.0. The summed E-state index contributed by atoms with van der Waals surface area (Å²) in [6.45, 7) is 3.70. The highest BCUT2D eigenvalue weighted by atomic mass is 32.2. The molecule has 0 aliphatic carbocycles. The van der Waals surface area contributed by atoms with E-state index in [0.717, 1.165) is 83.5 Å². The average Bonchev–Trinajstić information content (AvgIpc) is 3.18. The number of carbonyl (C=O) groups is 2. The second kappa shape index (κ2) is 35.6. The number of unbranched alkanes of at least 4 members (excludes halogenated alkanes) is 19. The normalized spacial score (nSPS) is 20.7. The number of aliphatic hydroxyl groups is 3. The molecule has 58 heavy (non-hydrogen) atoms. The topological polar surface area (TPSA) is 186 Å². The van der Waals surface area contributed by atoms with Gasteiger partial charge >= 0.3 is 11.9 Å². The molecule has 12 nitrogen and oxygen atoms in total. The maximum atomic E-state index is 12.8. The van der Waals surface area contributed by atoms with Crippen LogP contribution in [0.1, 0.15) is 181 Å². The lowest BCUT2D eigenvalue weighted by atomic mass is 10.00. The zero-order valence-electron chi connectivity index (χ0n) is 35.9. The van der Waals surface area contributed by atoms with Gasteiger partial charge in [-0.25, -0.2) is 0 Å². The predicted octanol–water partition coefficient (Wildman–Crippen LogP) is 9.00. The van der Waals surface area contributed by atoms with Gasteiger partial charge in [0.1, 0.15) is 36.8 Å². The summed E-state index contributed by atoms with van der Waals surface area (Å²) >= 11 is 0. The first kappa shape index (κ1) is 53.9. The molecule has 0 saturated carbocycles. The van der Waals surface area contributed by atoms with Crippen molar-refractivity contribution in [3.05, 3.63) is 36.5 Å². The minimum Gasteiger partial charge on any atom is -0.462 e. The third-order valence-corrected chi connectivity index (χ3v) is 10.9. The first-order valence-corrected chi connectivity index (χ1v) is 24.2. The summed E-state index contributed by atoms with van der Waals surface area (Å²) in [7, 11) is -4.60. The highest BCUT2D eigenvalue weighted by Crippen LogP contribution is 2.24. The van der Waals surface area contributed by atoms with Crippen LogP contribution in [-0.2, 0) is 38.7 Å². The molecule has 4 N–H and O–H groups in total. The van der Waals surface area contributed by atoms with Crippen LogP contribution in [0.3, 0.4) is 0 Å². The van der Waals surface area contributed by atoms with Crippen LogP contribution in [0.25, 0.3) is 0 Å². The zero-order chi connectivity index (χ0) is 42.7. The van der Waals surface area contributed by atoms with Gasteiger partial charge < -0.3 is 34.3 Å². The van der Waals surface area contributed by atoms with E-state index in [9.17, 15) is 37.9 Å². The Labute approximate surface area is 351 Å². The van der Waals surface area contributed by atoms with Crippen LogP contribution in [0.5, 0.6) is 0 Å². The number of rotatable bonds is 37. The predicted molar refractivity (Wildman–Crippen MR) is 229 cm³/mol. The molecule has 0 aromatic rings. The highest BCUT2D eigenvalue weighted by Gasteiger charge is 2.46. The summed E-state index contributed by atoms with van der Waals surface area (Å²) in [6.07, 6.45) is 30.4. The van der Waals surface area contributed by atoms with Crippen LogP contribution in [0.4, 0.5) is 0 Å². The number of hydrogen-bond acceptors (Lipinski definition) is 11. The standard InChI is InChI=1S/C45H80O12S/c1-3-5-7-9-11-13-15-17-19-21-23-25-27-29-31-33-40(46)54-35-38(36-55-45-44(50)43(49)42(48)39(57-45)37-58(51,52)53)56-41(47)34-32-30-28-26-24-22-20-18-16-14-12-10-8-6-4-2/h11,13,17-20,38-39,42-45,48-50H,3-10,12,14-16,21-37H2,1-2H3,(H,51,52,53)/b13-11+,19-17+,20-18+/t38-,39-,42-,43?,44?,45+/m1/s1. The van der Waals surface area contributed by atoms with Crippen molar-refractivity contribution in [3.63, 3.8) is 0 Å². The molecule has 0 spiro atoms. The number of allylic oxidation sites excluding steroid dienone is 6. The minimum atomic E-state index is -4.60. The molecule has 338 valence electrons. The summed E-state index contributed by atoms with van der Waals surface area (Å²) in [5, 5.41) is 30.9. The molecule has 1 fully saturated rings. The van der Waals surface area contributed by atoms with Crippen molar-refractivity contribution in [2.45, 2.75) is 218 Å². The molecule has 1 aliphatic rings. The second-order valence-corrected chi connectivity index (χ2v) is 17.2. The first-order chi connectivity index (χ1) is 28.0. The molecule has 2 unspecified atom stereocenters. The van der Waals surface area contributed by atoms with Crippen molar-refractivity contribution in [1.29, 1.82) is 0 Å². The Kier molecular flexibility index (Phi) is 33.1. The maximum Gasteiger partial charge on any atom is 0.306 e. The van der Waals surface area contributed by atoms with E-state index in [2.05, 4.69) is 50.3 Å². The van der Waals surface area contributed by atoms with Crippen molar-refractivity contribution in [2.24, 2.45) is 0 Å². The van der Waals surface area contributed by atoms with Crippen molar-refractivity contribution in [2.75, 3.05) is 19.0 Å². The Bertz CT molecular complexity index is 1220. The molecular formula is C45H80O12S. The number of carbonyl (C=O) groups excluding carboxylic acids is 2. The van der Waals surface area contributed by atoms with Crippen LogP contribution in [0, 0.1) is 0 Å². The number of ether oxygens (including phenoxy) is 4. The lowest BCUT2D eigenvalue weighted by molar-refractivity contribution is -0.297. The molecule has 0 aromatic carbocycles. The second-order valence-electron chi connectivity index (χ2n) is 15.7. The summed E-state index contributed by atoms with van der Waals surface area (Å²) in [5.74, 6) is -2.01. The van der Waals surface area contributed by atoms with Crippen LogP contribution >= 0.6 is 0 Å². The fraction of sp³-hybridized carbons (Fsp3) is 0.822. The van der Waals surface area contributed by atoms with Gasteiger partial charge in [0.05, 0.1) is 6.61 Å². The molecular weight excluding hydrogens is 765 g/mol. The Hall–Kier alpha value is -2.13. The molecule has 1 saturated heterocycles. The number of hydrogen-bond donors (Lipinski definition) is 4. The van der Waals surface area contributed by atoms with E-state index >= 15 is 0 Å². The van der Waals surface area contributed by atoms with Gasteiger partial charge in [0, 0.05) is 12.8 Å². The Balaban J connectivity index is 2.47. The minimum absolute atomic E-state index is 0.151. The molecule has 1 aliphatic heterocycles. The van der Waals surface area contributed by atoms with Gasteiger partial charge in [-0.2, -0.15) is 8.42 Å². The largest absolute Gasteiger partial charge is 0.462 e. The van der Waals surface area contributed by atoms with E-state index in [1.165, 1.54) is 57.8 Å². The molecule has 0 radical (unpaired) electrons. The van der Waals surface area contributed by atoms with Crippen molar-refractivity contribution in [1.82, 2.24) is 0 Å². The lowest BCUT2D eigenvalue weighted by Crippen LogP contribution is -2.60. The van der Waals surface area contributed by atoms with E-state index in [0.29, 0.717) is 12.8 Å². The summed E-state index contributed by atoms with van der Waals surface area (Å²) in [6, 6.07) is 0. The molecule has 0 bridgehead atoms. The molecule has 0 aromatic heterocycles. The maximum absolute atomic E-state index is 12.8. The zero-order valence-corrected chi connectivity index (χ0v) is 36.7. The Morgan fingerprint density at radius 1 is 0.586 bits per heavy atom. The fourth-order valence-electron chi connectivity index (χ4n) is 6.64. The average molecular weight is 845 g/mol. The van der Waals surface area contributed by atoms with Gasteiger partial charge in [0.25, 0.3) is 10.1 Å². The quantitative estimate of drug-likeness (QED) is 0.0202. The monoisotopic (exact) mass is 845 g/mol. The first-order valence-electron chi connectivity index (χ1n) is 22.5. The SMILES string of the molecule is CCCCC/C=C/C/C=C/CCCCCCCC(=O)OC[C@H](CO[C@H]1O[C@H](CS(=O)(=O)O)[C@@H](O)C(O)C1O)OC(=O)CCCCCCC/C=C/CCCCCCCC. The number of esters is 2. The van der Waals surface area contributed by atoms with Gasteiger partial charge in [-0.3, -0.25) is 14.1 Å². The highest BCUT2D eigenvalue weighted by molar-refractivity contribution is 7.85. The summed E-state index contributed by atoms with van der Waals surface area (Å²) in [5.41, 5.74) is 0. The van der Waals surface area contributed by atoms with Crippen LogP contribution in [0.15, 0.2) is 36.5 Å². The van der Waals surface area contributed by atoms with Gasteiger partial charge in [0.2, 0.25) is 0 Å². The van der Waals surface area contributed by atoms with E-state index in [1.807, 2.05) is 0 Å². The van der Waals surface area contributed by atoms with E-state index in [1.54, 1.807) is 0 Å². The Morgan fingerprint density at radius 2 is 1.03 bits per heavy atom. The van der Waals surface area contributed by atoms with Crippen LogP contribution in [-0.4, -0.2) is 96.0 Å². The lowest BCUT2D eigenvalue weighted by Gasteiger charge is -2.40. The van der Waals surface area contributed by atoms with Gasteiger partial charge in [-0.15, -0.1) is 0 Å². The van der Waals surface area contributed by atoms with Gasteiger partial charge in [-0.05, 0) is 70.6 Å². The summed E-state index contributed by atoms with van der Waals surface area (Å²) in [4.78, 5) is 25.4. The van der Waals surface area contributed by atoms with E-state index < -0.39 is 71.2 Å². The Morgan fingerprint density at radius 3 is 1.57 bits per heavy atom. The molecule has 1 heterocycles. The molecule has 13 heteroatoms. The molecule has 6 atom stereocenters. The number of aliphatic hydroxyl groups excluding tert-OH is 3. The van der Waals surface area contributed by atoms with Crippen LogP contribution in [0.2, 0.25) is 0 Å². The fourth-order valence-corrected chi connectivity index (χ4v) is 7.33.